The number of Topliss-reactive ketones (excluding diaryl/α,β-unsaturated/α-hetero) is 1. The minimum atomic E-state index is 0.116. The quantitative estimate of drug-likeness (QED) is 0.485. The molecule has 1 aliphatic carbocycles. The lowest BCUT2D eigenvalue weighted by Gasteiger charge is -2.12. The topological polar surface area (TPSA) is 26.3 Å². The molecule has 1 aromatic rings. The van der Waals surface area contributed by atoms with E-state index in [2.05, 4.69) is 26.0 Å². The molecule has 2 nitrogen and oxygen atoms in total. The molecule has 1 atom stereocenters. The first kappa shape index (κ1) is 16.2. The van der Waals surface area contributed by atoms with Crippen molar-refractivity contribution in [2.75, 3.05) is 6.61 Å². The van der Waals surface area contributed by atoms with E-state index in [1.54, 1.807) is 0 Å². The summed E-state index contributed by atoms with van der Waals surface area (Å²) >= 11 is 0. The molecular formula is C19H28O2. The predicted molar refractivity (Wildman–Crippen MR) is 87.0 cm³/mol. The monoisotopic (exact) mass is 288 g/mol. The Bertz CT molecular complexity index is 465. The molecule has 0 radical (unpaired) electrons. The van der Waals surface area contributed by atoms with Crippen LogP contribution < -0.4 is 0 Å². The predicted octanol–water partition coefficient (Wildman–Crippen LogP) is 4.73. The maximum Gasteiger partial charge on any atom is 0.188 e. The second-order valence-corrected chi connectivity index (χ2v) is 6.23. The minimum absolute atomic E-state index is 0.116. The highest BCUT2D eigenvalue weighted by molar-refractivity contribution is 5.97. The first-order chi connectivity index (χ1) is 10.2. The first-order valence-corrected chi connectivity index (χ1v) is 8.47. The van der Waals surface area contributed by atoms with E-state index in [1.807, 2.05) is 6.07 Å². The van der Waals surface area contributed by atoms with Crippen molar-refractivity contribution < 1.29 is 9.53 Å². The lowest BCUT2D eigenvalue weighted by atomic mass is 10.0. The molecule has 2 rings (SSSR count). The Morgan fingerprint density at radius 2 is 2.00 bits per heavy atom. The van der Waals surface area contributed by atoms with Gasteiger partial charge < -0.3 is 4.74 Å². The fraction of sp³-hybridized carbons (Fsp3) is 0.632. The van der Waals surface area contributed by atoms with Gasteiger partial charge in [0.15, 0.2) is 5.78 Å². The molecule has 0 bridgehead atoms. The van der Waals surface area contributed by atoms with E-state index < -0.39 is 0 Å². The van der Waals surface area contributed by atoms with Gasteiger partial charge in [-0.25, -0.2) is 0 Å². The number of carbonyl (C=O) groups excluding carboxylic acids is 1. The van der Waals surface area contributed by atoms with Crippen LogP contribution in [0.4, 0.5) is 0 Å². The van der Waals surface area contributed by atoms with Crippen LogP contribution in [-0.4, -0.2) is 18.5 Å². The fourth-order valence-corrected chi connectivity index (χ4v) is 2.99. The van der Waals surface area contributed by atoms with Gasteiger partial charge in [0, 0.05) is 5.56 Å². The highest BCUT2D eigenvalue weighted by atomic mass is 16.5. The van der Waals surface area contributed by atoms with Crippen LogP contribution in [0.1, 0.15) is 73.9 Å². The van der Waals surface area contributed by atoms with Crippen molar-refractivity contribution in [3.63, 3.8) is 0 Å². The Balaban J connectivity index is 1.74. The van der Waals surface area contributed by atoms with Crippen LogP contribution in [0.2, 0.25) is 0 Å². The number of rotatable bonds is 9. The molecule has 1 unspecified atom stereocenters. The van der Waals surface area contributed by atoms with Crippen LogP contribution in [0.5, 0.6) is 0 Å². The van der Waals surface area contributed by atoms with Crippen molar-refractivity contribution in [2.24, 2.45) is 0 Å². The second kappa shape index (κ2) is 8.33. The summed E-state index contributed by atoms with van der Waals surface area (Å²) in [6.07, 6.45) is 9.74. The zero-order valence-corrected chi connectivity index (χ0v) is 13.5. The van der Waals surface area contributed by atoms with Gasteiger partial charge in [0.25, 0.3) is 0 Å². The van der Waals surface area contributed by atoms with E-state index in [-0.39, 0.29) is 18.5 Å². The summed E-state index contributed by atoms with van der Waals surface area (Å²) < 4.78 is 5.71. The van der Waals surface area contributed by atoms with Gasteiger partial charge >= 0.3 is 0 Å². The summed E-state index contributed by atoms with van der Waals surface area (Å²) in [4.78, 5) is 12.2. The van der Waals surface area contributed by atoms with Crippen LogP contribution in [-0.2, 0) is 17.6 Å². The van der Waals surface area contributed by atoms with Crippen LogP contribution in [0, 0.1) is 0 Å². The van der Waals surface area contributed by atoms with Gasteiger partial charge in [0.05, 0.1) is 6.10 Å². The van der Waals surface area contributed by atoms with E-state index in [9.17, 15) is 4.79 Å². The zero-order valence-electron chi connectivity index (χ0n) is 13.5. The third-order valence-corrected chi connectivity index (χ3v) is 4.38. The van der Waals surface area contributed by atoms with Gasteiger partial charge in [-0.3, -0.25) is 4.79 Å². The number of ketones is 1. The number of carbonyl (C=O) groups is 1. The maximum absolute atomic E-state index is 12.2. The lowest BCUT2D eigenvalue weighted by molar-refractivity contribution is 0.0483. The first-order valence-electron chi connectivity index (χ1n) is 8.47. The number of benzene rings is 1. The average molecular weight is 288 g/mol. The molecule has 0 amide bonds. The molecule has 2 heteroatoms. The lowest BCUT2D eigenvalue weighted by Crippen LogP contribution is -2.16. The Kier molecular flexibility index (Phi) is 6.44. The Morgan fingerprint density at radius 3 is 2.81 bits per heavy atom. The molecule has 116 valence electrons. The summed E-state index contributed by atoms with van der Waals surface area (Å²) in [5.74, 6) is 0.116. The number of fused-ring (bicyclic) bond motifs is 1. The number of unbranched alkanes of at least 4 members (excludes halogenated alkanes) is 3. The van der Waals surface area contributed by atoms with E-state index in [0.29, 0.717) is 0 Å². The summed E-state index contributed by atoms with van der Waals surface area (Å²) in [5, 5.41) is 0. The second-order valence-electron chi connectivity index (χ2n) is 6.23. The van der Waals surface area contributed by atoms with Crippen LogP contribution >= 0.6 is 0 Å². The maximum atomic E-state index is 12.2. The molecule has 0 heterocycles. The largest absolute Gasteiger partial charge is 0.370 e. The Labute approximate surface area is 128 Å². The Hall–Kier alpha value is -1.15. The Morgan fingerprint density at radius 1 is 1.19 bits per heavy atom. The van der Waals surface area contributed by atoms with Crippen molar-refractivity contribution in [1.82, 2.24) is 0 Å². The van der Waals surface area contributed by atoms with E-state index >= 15 is 0 Å². The molecular weight excluding hydrogens is 260 g/mol. The number of hydrogen-bond acceptors (Lipinski definition) is 2. The van der Waals surface area contributed by atoms with Gasteiger partial charge in [0.1, 0.15) is 6.61 Å². The molecule has 0 aromatic heterocycles. The number of aryl methyl sites for hydroxylation is 2. The smallest absolute Gasteiger partial charge is 0.188 e. The molecule has 0 fully saturated rings. The summed E-state index contributed by atoms with van der Waals surface area (Å²) in [5.41, 5.74) is 3.58. The summed E-state index contributed by atoms with van der Waals surface area (Å²) in [6.45, 7) is 4.50. The summed E-state index contributed by atoms with van der Waals surface area (Å²) in [6, 6.07) is 6.14. The van der Waals surface area contributed by atoms with Crippen LogP contribution in [0.3, 0.4) is 0 Å². The highest BCUT2D eigenvalue weighted by Crippen LogP contribution is 2.23. The van der Waals surface area contributed by atoms with Crippen molar-refractivity contribution >= 4 is 5.78 Å². The molecule has 1 aromatic carbocycles. The SMILES string of the molecule is CCCCCCC(C)OCC(=O)c1ccc2c(c1)CCC2. The minimum Gasteiger partial charge on any atom is -0.370 e. The summed E-state index contributed by atoms with van der Waals surface area (Å²) in [7, 11) is 0. The molecule has 0 saturated heterocycles. The third-order valence-electron chi connectivity index (χ3n) is 4.38. The van der Waals surface area contributed by atoms with Crippen molar-refractivity contribution in [3.05, 3.63) is 34.9 Å². The van der Waals surface area contributed by atoms with Gasteiger partial charge in [-0.2, -0.15) is 0 Å². The van der Waals surface area contributed by atoms with E-state index in [0.717, 1.165) is 24.8 Å². The van der Waals surface area contributed by atoms with Gasteiger partial charge in [-0.05, 0) is 49.8 Å². The van der Waals surface area contributed by atoms with Gasteiger partial charge in [-0.1, -0.05) is 44.7 Å². The van der Waals surface area contributed by atoms with Crippen LogP contribution in [0.15, 0.2) is 18.2 Å². The van der Waals surface area contributed by atoms with E-state index in [1.165, 1.54) is 43.2 Å². The fourth-order valence-electron chi connectivity index (χ4n) is 2.99. The van der Waals surface area contributed by atoms with Crippen molar-refractivity contribution in [2.45, 2.75) is 71.3 Å². The van der Waals surface area contributed by atoms with Gasteiger partial charge in [-0.15, -0.1) is 0 Å². The molecule has 0 aliphatic heterocycles. The normalized spacial score (nSPS) is 15.0. The van der Waals surface area contributed by atoms with Gasteiger partial charge in [0.2, 0.25) is 0 Å². The molecule has 0 N–H and O–H groups in total. The van der Waals surface area contributed by atoms with Crippen molar-refractivity contribution in [1.29, 1.82) is 0 Å². The standard InChI is InChI=1S/C19H28O2/c1-3-4-5-6-8-15(2)21-14-19(20)18-12-11-16-9-7-10-17(16)13-18/h11-13,15H,3-10,14H2,1-2H3. The van der Waals surface area contributed by atoms with Crippen LogP contribution in [0.25, 0.3) is 0 Å². The third kappa shape index (κ3) is 4.96. The number of hydrogen-bond donors (Lipinski definition) is 0. The number of ether oxygens (including phenoxy) is 1. The van der Waals surface area contributed by atoms with E-state index in [4.69, 9.17) is 4.74 Å². The molecule has 0 spiro atoms. The molecule has 1 aliphatic rings. The average Bonchev–Trinajstić information content (AvgIpc) is 2.96. The zero-order chi connectivity index (χ0) is 15.1. The highest BCUT2D eigenvalue weighted by Gasteiger charge is 2.14. The van der Waals surface area contributed by atoms with Crippen molar-refractivity contribution in [3.8, 4) is 0 Å². The molecule has 21 heavy (non-hydrogen) atoms. The molecule has 0 saturated carbocycles.